The first-order valence-corrected chi connectivity index (χ1v) is 12.8. The van der Waals surface area contributed by atoms with Gasteiger partial charge in [0.1, 0.15) is 6.04 Å². The third-order valence-electron chi connectivity index (χ3n) is 4.76. The topological polar surface area (TPSA) is 116 Å². The van der Waals surface area contributed by atoms with Gasteiger partial charge in [0.25, 0.3) is 0 Å². The first-order chi connectivity index (χ1) is 15.7. The molecule has 1 atom stereocenters. The SMILES string of the molecule is Cc1ccc(CNC(=O)NC(CC(C)C)C(=O)Nc2cccc(S(=O)(=O)NC(C)(C)C)c2)cc1. The Balaban J connectivity index is 2.07. The van der Waals surface area contributed by atoms with E-state index in [2.05, 4.69) is 20.7 Å². The van der Waals surface area contributed by atoms with Crippen LogP contribution in [0.15, 0.2) is 53.4 Å². The number of anilines is 1. The standard InChI is InChI=1S/C25H36N4O4S/c1-17(2)14-22(28-24(31)26-16-19-12-10-18(3)11-13-19)23(30)27-20-8-7-9-21(15-20)34(32,33)29-25(4,5)6/h7-13,15,17,22,29H,14,16H2,1-6H3,(H,27,30)(H2,26,28,31). The van der Waals surface area contributed by atoms with Gasteiger partial charge in [0, 0.05) is 17.8 Å². The number of hydrogen-bond acceptors (Lipinski definition) is 4. The minimum atomic E-state index is -3.75. The third kappa shape index (κ3) is 9.15. The zero-order valence-corrected chi connectivity index (χ0v) is 21.5. The van der Waals surface area contributed by atoms with Gasteiger partial charge in [-0.3, -0.25) is 4.79 Å². The Bertz CT molecular complexity index is 1090. The van der Waals surface area contributed by atoms with Crippen LogP contribution in [0.2, 0.25) is 0 Å². The normalized spacial score (nSPS) is 12.8. The molecule has 0 spiro atoms. The lowest BCUT2D eigenvalue weighted by Gasteiger charge is -2.22. The van der Waals surface area contributed by atoms with Gasteiger partial charge >= 0.3 is 6.03 Å². The molecule has 1 unspecified atom stereocenters. The molecule has 186 valence electrons. The van der Waals surface area contributed by atoms with Crippen LogP contribution in [-0.4, -0.2) is 31.9 Å². The van der Waals surface area contributed by atoms with Gasteiger partial charge in [0.05, 0.1) is 4.90 Å². The Morgan fingerprint density at radius 1 is 1.00 bits per heavy atom. The van der Waals surface area contributed by atoms with Gasteiger partial charge in [-0.25, -0.2) is 17.9 Å². The summed E-state index contributed by atoms with van der Waals surface area (Å²) in [5.41, 5.74) is 1.77. The van der Waals surface area contributed by atoms with Crippen LogP contribution in [0.3, 0.4) is 0 Å². The summed E-state index contributed by atoms with van der Waals surface area (Å²) in [6.45, 7) is 11.5. The lowest BCUT2D eigenvalue weighted by atomic mass is 10.0. The highest BCUT2D eigenvalue weighted by Crippen LogP contribution is 2.18. The predicted octanol–water partition coefficient (Wildman–Crippen LogP) is 3.92. The number of urea groups is 1. The fraction of sp³-hybridized carbons (Fsp3) is 0.440. The molecule has 0 aliphatic rings. The van der Waals surface area contributed by atoms with Crippen molar-refractivity contribution in [2.75, 3.05) is 5.32 Å². The zero-order valence-electron chi connectivity index (χ0n) is 20.7. The molecule has 8 nitrogen and oxygen atoms in total. The smallest absolute Gasteiger partial charge is 0.315 e. The van der Waals surface area contributed by atoms with Gasteiger partial charge in [0.2, 0.25) is 15.9 Å². The summed E-state index contributed by atoms with van der Waals surface area (Å²) in [5, 5.41) is 8.24. The molecule has 3 amide bonds. The maximum absolute atomic E-state index is 13.0. The minimum Gasteiger partial charge on any atom is -0.334 e. The molecule has 0 aliphatic heterocycles. The number of carbonyl (C=O) groups excluding carboxylic acids is 2. The third-order valence-corrected chi connectivity index (χ3v) is 6.51. The highest BCUT2D eigenvalue weighted by molar-refractivity contribution is 7.89. The molecule has 4 N–H and O–H groups in total. The van der Waals surface area contributed by atoms with Gasteiger partial charge in [-0.15, -0.1) is 0 Å². The quantitative estimate of drug-likeness (QED) is 0.428. The summed E-state index contributed by atoms with van der Waals surface area (Å²) in [7, 11) is -3.75. The Kier molecular flexibility index (Phi) is 9.23. The second-order valence-corrected chi connectivity index (χ2v) is 11.5. The van der Waals surface area contributed by atoms with Gasteiger partial charge < -0.3 is 16.0 Å². The van der Waals surface area contributed by atoms with Crippen molar-refractivity contribution in [1.29, 1.82) is 0 Å². The fourth-order valence-corrected chi connectivity index (χ4v) is 4.70. The maximum atomic E-state index is 13.0. The molecule has 0 heterocycles. The van der Waals surface area contributed by atoms with Crippen LogP contribution in [0.4, 0.5) is 10.5 Å². The predicted molar refractivity (Wildman–Crippen MR) is 135 cm³/mol. The number of rotatable bonds is 9. The number of amides is 3. The van der Waals surface area contributed by atoms with E-state index in [0.717, 1.165) is 11.1 Å². The molecule has 2 rings (SSSR count). The van der Waals surface area contributed by atoms with Gasteiger partial charge in [0.15, 0.2) is 0 Å². The van der Waals surface area contributed by atoms with Crippen molar-refractivity contribution >= 4 is 27.6 Å². The highest BCUT2D eigenvalue weighted by Gasteiger charge is 2.24. The van der Waals surface area contributed by atoms with Crippen molar-refractivity contribution in [3.05, 3.63) is 59.7 Å². The number of aryl methyl sites for hydroxylation is 1. The van der Waals surface area contributed by atoms with Crippen molar-refractivity contribution in [2.45, 2.75) is 71.0 Å². The molecule has 9 heteroatoms. The van der Waals surface area contributed by atoms with Crippen molar-refractivity contribution in [3.8, 4) is 0 Å². The van der Waals surface area contributed by atoms with E-state index < -0.39 is 33.5 Å². The van der Waals surface area contributed by atoms with Crippen LogP contribution in [0, 0.1) is 12.8 Å². The van der Waals surface area contributed by atoms with E-state index in [-0.39, 0.29) is 10.8 Å². The van der Waals surface area contributed by atoms with E-state index >= 15 is 0 Å². The summed E-state index contributed by atoms with van der Waals surface area (Å²) in [5.74, 6) is -0.270. The Hall–Kier alpha value is -2.91. The Morgan fingerprint density at radius 3 is 2.24 bits per heavy atom. The average molecular weight is 489 g/mol. The van der Waals surface area contributed by atoms with E-state index in [4.69, 9.17) is 0 Å². The summed E-state index contributed by atoms with van der Waals surface area (Å²) in [4.78, 5) is 25.5. The summed E-state index contributed by atoms with van der Waals surface area (Å²) < 4.78 is 27.9. The van der Waals surface area contributed by atoms with Crippen molar-refractivity contribution in [1.82, 2.24) is 15.4 Å². The number of sulfonamides is 1. The van der Waals surface area contributed by atoms with Crippen LogP contribution < -0.4 is 20.7 Å². The van der Waals surface area contributed by atoms with E-state index in [9.17, 15) is 18.0 Å². The molecule has 0 saturated heterocycles. The molecule has 0 bridgehead atoms. The second kappa shape index (κ2) is 11.5. The molecular formula is C25H36N4O4S. The highest BCUT2D eigenvalue weighted by atomic mass is 32.2. The molecular weight excluding hydrogens is 452 g/mol. The zero-order chi connectivity index (χ0) is 25.5. The van der Waals surface area contributed by atoms with E-state index in [1.54, 1.807) is 32.9 Å². The Morgan fingerprint density at radius 2 is 1.65 bits per heavy atom. The summed E-state index contributed by atoms with van der Waals surface area (Å²) >= 11 is 0. The van der Waals surface area contributed by atoms with Gasteiger partial charge in [-0.1, -0.05) is 49.7 Å². The minimum absolute atomic E-state index is 0.0458. The van der Waals surface area contributed by atoms with Crippen molar-refractivity contribution in [2.24, 2.45) is 5.92 Å². The number of benzene rings is 2. The van der Waals surface area contributed by atoms with E-state index in [1.165, 1.54) is 12.1 Å². The van der Waals surface area contributed by atoms with Crippen LogP contribution in [0.1, 0.15) is 52.2 Å². The fourth-order valence-electron chi connectivity index (χ4n) is 3.23. The summed E-state index contributed by atoms with van der Waals surface area (Å²) in [6, 6.07) is 12.6. The lowest BCUT2D eigenvalue weighted by Crippen LogP contribution is -2.48. The molecule has 2 aromatic rings. The van der Waals surface area contributed by atoms with Crippen LogP contribution in [0.25, 0.3) is 0 Å². The number of carbonyl (C=O) groups is 2. The van der Waals surface area contributed by atoms with Gasteiger partial charge in [-0.2, -0.15) is 0 Å². The van der Waals surface area contributed by atoms with Gasteiger partial charge in [-0.05, 0) is 63.8 Å². The molecule has 34 heavy (non-hydrogen) atoms. The number of hydrogen-bond donors (Lipinski definition) is 4. The molecule has 0 saturated carbocycles. The van der Waals surface area contributed by atoms with Crippen LogP contribution >= 0.6 is 0 Å². The monoisotopic (exact) mass is 488 g/mol. The first-order valence-electron chi connectivity index (χ1n) is 11.3. The number of nitrogens with one attached hydrogen (secondary N) is 4. The van der Waals surface area contributed by atoms with Crippen LogP contribution in [-0.2, 0) is 21.4 Å². The van der Waals surface area contributed by atoms with Crippen molar-refractivity contribution in [3.63, 3.8) is 0 Å². The second-order valence-electron chi connectivity index (χ2n) is 9.87. The molecule has 0 fully saturated rings. The molecule has 0 aromatic heterocycles. The first kappa shape index (κ1) is 27.3. The van der Waals surface area contributed by atoms with E-state index in [0.29, 0.717) is 18.7 Å². The maximum Gasteiger partial charge on any atom is 0.315 e. The molecule has 0 aliphatic carbocycles. The van der Waals surface area contributed by atoms with E-state index in [1.807, 2.05) is 45.0 Å². The molecule has 2 aromatic carbocycles. The van der Waals surface area contributed by atoms with Crippen molar-refractivity contribution < 1.29 is 18.0 Å². The average Bonchev–Trinajstić information content (AvgIpc) is 2.71. The van der Waals surface area contributed by atoms with Crippen LogP contribution in [0.5, 0.6) is 0 Å². The largest absolute Gasteiger partial charge is 0.334 e. The summed E-state index contributed by atoms with van der Waals surface area (Å²) in [6.07, 6.45) is 0.424. The molecule has 0 radical (unpaired) electrons. The Labute approximate surface area is 203 Å². The lowest BCUT2D eigenvalue weighted by molar-refractivity contribution is -0.118.